The maximum Gasteiger partial charge on any atom is 0.339 e. The van der Waals surface area contributed by atoms with Crippen molar-refractivity contribution in [1.82, 2.24) is 0 Å². The molecule has 2 atom stereocenters. The van der Waals surface area contributed by atoms with Crippen molar-refractivity contribution in [3.63, 3.8) is 0 Å². The van der Waals surface area contributed by atoms with Crippen molar-refractivity contribution in [1.29, 1.82) is 0 Å². The molecule has 0 radical (unpaired) electrons. The Balaban J connectivity index is 1.87. The van der Waals surface area contributed by atoms with Gasteiger partial charge in [-0.25, -0.2) is 4.79 Å². The minimum atomic E-state index is -0.973. The summed E-state index contributed by atoms with van der Waals surface area (Å²) in [5.74, 6) is -1.69. The summed E-state index contributed by atoms with van der Waals surface area (Å²) in [6, 6.07) is 7.47. The number of cyclic esters (lactones) is 1. The lowest BCUT2D eigenvalue weighted by molar-refractivity contribution is -0.160. The van der Waals surface area contributed by atoms with Gasteiger partial charge in [-0.05, 0) is 12.1 Å². The number of para-hydroxylation sites is 1. The number of nitrogens with one attached hydrogen (secondary N) is 1. The van der Waals surface area contributed by atoms with Crippen LogP contribution in [0.4, 0.5) is 5.69 Å². The highest BCUT2D eigenvalue weighted by molar-refractivity contribution is 8.01. The van der Waals surface area contributed by atoms with Crippen LogP contribution in [0.15, 0.2) is 29.2 Å². The van der Waals surface area contributed by atoms with Crippen molar-refractivity contribution in [2.45, 2.75) is 35.9 Å². The largest absolute Gasteiger partial charge is 0.432 e. The Morgan fingerprint density at radius 3 is 2.68 bits per heavy atom. The van der Waals surface area contributed by atoms with Crippen LogP contribution in [0.5, 0.6) is 0 Å². The maximum absolute atomic E-state index is 12.1. The second-order valence-corrected chi connectivity index (χ2v) is 6.07. The third-order valence-corrected chi connectivity index (χ3v) is 4.25. The van der Waals surface area contributed by atoms with Gasteiger partial charge in [-0.2, -0.15) is 0 Å². The molecule has 1 saturated heterocycles. The number of anilines is 1. The zero-order valence-corrected chi connectivity index (χ0v) is 11.3. The van der Waals surface area contributed by atoms with Gasteiger partial charge in [0, 0.05) is 18.7 Å². The summed E-state index contributed by atoms with van der Waals surface area (Å²) in [6.07, 6.45) is -0.867. The Morgan fingerprint density at radius 2 is 2.00 bits per heavy atom. The molecule has 1 aromatic rings. The predicted octanol–water partition coefficient (Wildman–Crippen LogP) is 1.78. The molecule has 2 aliphatic rings. The van der Waals surface area contributed by atoms with E-state index in [-0.39, 0.29) is 5.91 Å². The number of esters is 1. The average Bonchev–Trinajstić information content (AvgIpc) is 2.62. The standard InChI is InChI=1S/C13H13NO4S/c1-13(2)17-9(12(16)18-13)10-11(15)14-7-5-3-4-6-8(7)19-10/h3-6,9-10H,1-2H3,(H,14,15). The lowest BCUT2D eigenvalue weighted by atomic mass is 10.2. The van der Waals surface area contributed by atoms with Crippen molar-refractivity contribution in [2.24, 2.45) is 0 Å². The quantitative estimate of drug-likeness (QED) is 0.794. The van der Waals surface area contributed by atoms with Crippen LogP contribution in [0.25, 0.3) is 0 Å². The molecule has 0 aromatic heterocycles. The van der Waals surface area contributed by atoms with Crippen molar-refractivity contribution >= 4 is 29.3 Å². The van der Waals surface area contributed by atoms with Gasteiger partial charge in [-0.1, -0.05) is 12.1 Å². The molecule has 0 aliphatic carbocycles. The number of benzene rings is 1. The van der Waals surface area contributed by atoms with E-state index in [1.54, 1.807) is 13.8 Å². The summed E-state index contributed by atoms with van der Waals surface area (Å²) in [4.78, 5) is 24.8. The summed E-state index contributed by atoms with van der Waals surface area (Å²) in [7, 11) is 0. The highest BCUT2D eigenvalue weighted by Crippen LogP contribution is 2.40. The first-order valence-electron chi connectivity index (χ1n) is 5.93. The van der Waals surface area contributed by atoms with Gasteiger partial charge in [0.25, 0.3) is 0 Å². The van der Waals surface area contributed by atoms with Gasteiger partial charge in [0.05, 0.1) is 5.69 Å². The molecule has 1 amide bonds. The van der Waals surface area contributed by atoms with Crippen molar-refractivity contribution in [2.75, 3.05) is 5.32 Å². The first-order valence-corrected chi connectivity index (χ1v) is 6.81. The van der Waals surface area contributed by atoms with Crippen molar-refractivity contribution in [3.8, 4) is 0 Å². The topological polar surface area (TPSA) is 64.6 Å². The zero-order valence-electron chi connectivity index (χ0n) is 10.5. The van der Waals surface area contributed by atoms with E-state index in [0.29, 0.717) is 0 Å². The molecule has 3 rings (SSSR count). The van der Waals surface area contributed by atoms with E-state index in [2.05, 4.69) is 5.32 Å². The molecule has 5 nitrogen and oxygen atoms in total. The van der Waals surface area contributed by atoms with Crippen LogP contribution in [0.1, 0.15) is 13.8 Å². The molecule has 19 heavy (non-hydrogen) atoms. The van der Waals surface area contributed by atoms with Crippen LogP contribution < -0.4 is 5.32 Å². The van der Waals surface area contributed by atoms with E-state index in [1.165, 1.54) is 11.8 Å². The highest BCUT2D eigenvalue weighted by atomic mass is 32.2. The van der Waals surface area contributed by atoms with Gasteiger partial charge in [-0.3, -0.25) is 4.79 Å². The number of fused-ring (bicyclic) bond motifs is 1. The summed E-state index contributed by atoms with van der Waals surface area (Å²) in [5, 5.41) is 2.17. The second-order valence-electron chi connectivity index (χ2n) is 4.88. The molecule has 1 aromatic carbocycles. The number of thioether (sulfide) groups is 1. The molecule has 2 unspecified atom stereocenters. The minimum Gasteiger partial charge on any atom is -0.432 e. The van der Waals surface area contributed by atoms with Gasteiger partial charge in [-0.15, -0.1) is 11.8 Å². The number of carbonyl (C=O) groups excluding carboxylic acids is 2. The summed E-state index contributed by atoms with van der Waals surface area (Å²) in [6.45, 7) is 3.31. The smallest absolute Gasteiger partial charge is 0.339 e. The van der Waals surface area contributed by atoms with Crippen LogP contribution in [0.2, 0.25) is 0 Å². The van der Waals surface area contributed by atoms with E-state index >= 15 is 0 Å². The van der Waals surface area contributed by atoms with Crippen LogP contribution in [-0.4, -0.2) is 29.0 Å². The Hall–Kier alpha value is -1.53. The molecule has 1 N–H and O–H groups in total. The highest BCUT2D eigenvalue weighted by Gasteiger charge is 2.49. The van der Waals surface area contributed by atoms with Gasteiger partial charge >= 0.3 is 5.97 Å². The summed E-state index contributed by atoms with van der Waals surface area (Å²) < 4.78 is 10.6. The lowest BCUT2D eigenvalue weighted by Crippen LogP contribution is -2.41. The van der Waals surface area contributed by atoms with E-state index < -0.39 is 23.1 Å². The van der Waals surface area contributed by atoms with E-state index in [1.807, 2.05) is 24.3 Å². The minimum absolute atomic E-state index is 0.233. The van der Waals surface area contributed by atoms with Gasteiger partial charge < -0.3 is 14.8 Å². The van der Waals surface area contributed by atoms with Gasteiger partial charge in [0.2, 0.25) is 11.7 Å². The summed E-state index contributed by atoms with van der Waals surface area (Å²) in [5.41, 5.74) is 0.763. The molecule has 100 valence electrons. The average molecular weight is 279 g/mol. The molecule has 0 bridgehead atoms. The van der Waals surface area contributed by atoms with Crippen LogP contribution >= 0.6 is 11.8 Å². The van der Waals surface area contributed by atoms with E-state index in [0.717, 1.165) is 10.6 Å². The fourth-order valence-corrected chi connectivity index (χ4v) is 3.26. The predicted molar refractivity (Wildman–Crippen MR) is 69.8 cm³/mol. The maximum atomic E-state index is 12.1. The number of ether oxygens (including phenoxy) is 2. The monoisotopic (exact) mass is 279 g/mol. The zero-order chi connectivity index (χ0) is 13.6. The number of hydrogen-bond donors (Lipinski definition) is 1. The van der Waals surface area contributed by atoms with Gasteiger partial charge in [0.1, 0.15) is 5.25 Å². The van der Waals surface area contributed by atoms with Crippen molar-refractivity contribution < 1.29 is 19.1 Å². The summed E-state index contributed by atoms with van der Waals surface area (Å²) >= 11 is 1.33. The fourth-order valence-electron chi connectivity index (χ4n) is 2.13. The number of carbonyl (C=O) groups is 2. The SMILES string of the molecule is CC1(C)OC(=O)C(C2Sc3ccccc3NC2=O)O1. The number of amides is 1. The van der Waals surface area contributed by atoms with Crippen LogP contribution in [0, 0.1) is 0 Å². The lowest BCUT2D eigenvalue weighted by Gasteiger charge is -2.26. The fraction of sp³-hybridized carbons (Fsp3) is 0.385. The number of hydrogen-bond acceptors (Lipinski definition) is 5. The third kappa shape index (κ3) is 2.21. The molecule has 2 heterocycles. The van der Waals surface area contributed by atoms with Gasteiger partial charge in [0.15, 0.2) is 6.10 Å². The molecular formula is C13H13NO4S. The first-order chi connectivity index (χ1) is 8.96. The molecule has 0 saturated carbocycles. The van der Waals surface area contributed by atoms with E-state index in [4.69, 9.17) is 9.47 Å². The first kappa shape index (κ1) is 12.5. The molecule has 1 fully saturated rings. The Bertz CT molecular complexity index is 557. The third-order valence-electron chi connectivity index (χ3n) is 2.92. The Morgan fingerprint density at radius 1 is 1.26 bits per heavy atom. The second kappa shape index (κ2) is 4.25. The molecular weight excluding hydrogens is 266 g/mol. The molecule has 0 spiro atoms. The Labute approximate surface area is 114 Å². The Kier molecular flexibility index (Phi) is 2.79. The number of rotatable bonds is 1. The van der Waals surface area contributed by atoms with Crippen molar-refractivity contribution in [3.05, 3.63) is 24.3 Å². The van der Waals surface area contributed by atoms with Crippen LogP contribution in [0.3, 0.4) is 0 Å². The molecule has 2 aliphatic heterocycles. The van der Waals surface area contributed by atoms with E-state index in [9.17, 15) is 9.59 Å². The van der Waals surface area contributed by atoms with Crippen LogP contribution in [-0.2, 0) is 19.1 Å². The normalized spacial score (nSPS) is 28.5. The molecule has 6 heteroatoms.